The van der Waals surface area contributed by atoms with E-state index in [4.69, 9.17) is 51.1 Å². The molecule has 15 rings (SSSR count). The Balaban J connectivity index is 0.000000650. The van der Waals surface area contributed by atoms with Crippen LogP contribution in [0.2, 0.25) is 0 Å². The standard InChI is InChI=1S/C16H14F4.3C15H11F5.C9H12.C5H10.6CH3.6ClH.3Zr/c1-8-13(17)12(15(19)16(20)14(8)18)11-7-6-9-4-2-3-5-10(9)11;3*16-11-10(12(17)14(19)15(20)13(11)18)9-6-5-7-3-1-2-4-8(7)9;1-2-5-9-7-3-6-8(9)4-1;1-2-4-5-3-1;;;;;;;;;;;;;;;/h2-5,9-11H,6-7H2,1H3;3*1-4,7-9H,5-6H2;1-2,4-5,8-9H,3,6-7H2;1-5H2;6*1H3;6*1H;;;/q;;;;;;6*-1;;;;;;;3*+4/p-6. The first-order chi connectivity index (χ1) is 49.3. The molecule has 0 spiro atoms. The number of halogens is 25. The first-order valence-corrected chi connectivity index (χ1v) is 52.3. The summed E-state index contributed by atoms with van der Waals surface area (Å²) in [5.74, 6) is -33.8. The Morgan fingerprint density at radius 1 is 0.211 bits per heavy atom. The number of rotatable bonds is 4. The number of allylic oxidation sites excluding steroid dienone is 20. The topological polar surface area (TPSA) is 0 Å². The third-order valence-electron chi connectivity index (χ3n) is 20.7. The molecule has 14 atom stereocenters. The Labute approximate surface area is 687 Å². The van der Waals surface area contributed by atoms with Crippen LogP contribution in [0.1, 0.15) is 154 Å². The monoisotopic (exact) mass is 1900 g/mol. The molecule has 11 aliphatic carbocycles. The SMILES string of the molecule is C1=CC2CCCC2C=C1.C1CCCC1.Cc1c(F)c(F)c(F)c(C2CCC3C=CC=CC32)c1F.Fc1c(F)c(F)c(C2CCC3C=CC=CC32)c(F)c1F.Fc1c(F)c(F)c(C2CCC3C=CC=CC32)c(F)c1F.Fc1c(F)c(F)c(C2CCC3C=CC=CC32)c(F)c1F.[CH3-].[CH3-].[CH3-].[CH3-].[CH3-].[CH3-].[Cl][Zr+2][Cl].[Cl][Zr+2][Cl].[Cl][Zr+2][Cl]. The van der Waals surface area contributed by atoms with E-state index in [1.165, 1.54) is 51.4 Å². The molecule has 109 heavy (non-hydrogen) atoms. The number of fused-ring (bicyclic) bond motifs is 5. The molecule has 0 saturated heterocycles. The third-order valence-corrected chi connectivity index (χ3v) is 20.7. The molecule has 0 aliphatic heterocycles. The maximum atomic E-state index is 14.2. The molecule has 598 valence electrons. The van der Waals surface area contributed by atoms with Crippen molar-refractivity contribution in [3.63, 3.8) is 0 Å². The van der Waals surface area contributed by atoms with Crippen LogP contribution in [-0.4, -0.2) is 0 Å². The van der Waals surface area contributed by atoms with Gasteiger partial charge in [-0.25, -0.2) is 83.4 Å². The van der Waals surface area contributed by atoms with Gasteiger partial charge in [-0.05, 0) is 154 Å². The van der Waals surface area contributed by atoms with E-state index in [1.807, 2.05) is 60.8 Å². The van der Waals surface area contributed by atoms with Crippen molar-refractivity contribution in [1.29, 1.82) is 0 Å². The molecule has 4 aromatic carbocycles. The van der Waals surface area contributed by atoms with Crippen molar-refractivity contribution in [2.45, 2.75) is 133 Å². The zero-order valence-corrected chi connectivity index (χ0v) is 72.8. The summed E-state index contributed by atoms with van der Waals surface area (Å²) in [6.07, 6.45) is 54.9. The van der Waals surface area contributed by atoms with Crippen molar-refractivity contribution in [3.8, 4) is 0 Å². The first kappa shape index (κ1) is 104. The van der Waals surface area contributed by atoms with Crippen molar-refractivity contribution in [2.75, 3.05) is 0 Å². The van der Waals surface area contributed by atoms with Gasteiger partial charge in [0.2, 0.25) is 17.5 Å². The predicted molar refractivity (Wildman–Crippen MR) is 394 cm³/mol. The van der Waals surface area contributed by atoms with Gasteiger partial charge >= 0.3 is 114 Å². The second-order valence-corrected chi connectivity index (χ2v) is 37.2. The van der Waals surface area contributed by atoms with Crippen molar-refractivity contribution in [1.82, 2.24) is 0 Å². The van der Waals surface area contributed by atoms with Gasteiger partial charge in [0.25, 0.3) is 0 Å². The zero-order valence-electron chi connectivity index (χ0n) is 60.9. The van der Waals surface area contributed by atoms with Crippen molar-refractivity contribution in [2.24, 2.45) is 59.2 Å². The number of benzene rings is 4. The molecule has 0 heterocycles. The van der Waals surface area contributed by atoms with Crippen LogP contribution < -0.4 is 0 Å². The van der Waals surface area contributed by atoms with Gasteiger partial charge in [-0.1, -0.05) is 160 Å². The fourth-order valence-corrected chi connectivity index (χ4v) is 15.9. The van der Waals surface area contributed by atoms with Crippen LogP contribution in [0.3, 0.4) is 0 Å². The summed E-state index contributed by atoms with van der Waals surface area (Å²) in [5, 5.41) is 0. The Bertz CT molecular complexity index is 3310. The fraction of sp³-hybridized carbons (Fsp3) is 0.383. The molecule has 0 amide bonds. The molecule has 4 aromatic rings. The minimum absolute atomic E-state index is 0. The third kappa shape index (κ3) is 25.2. The van der Waals surface area contributed by atoms with Crippen LogP contribution in [0.15, 0.2) is 122 Å². The van der Waals surface area contributed by atoms with Crippen LogP contribution in [0, 0.1) is 221 Å². The minimum atomic E-state index is -2.10. The Kier molecular flexibility index (Phi) is 48.6. The molecule has 0 nitrogen and oxygen atoms in total. The molecule has 14 unspecified atom stereocenters. The molecule has 11 aliphatic rings. The number of hydrogen-bond donors (Lipinski definition) is 0. The van der Waals surface area contributed by atoms with Gasteiger partial charge in [0.15, 0.2) is 87.3 Å². The summed E-state index contributed by atoms with van der Waals surface area (Å²) in [5.41, 5.74) is -2.76. The van der Waals surface area contributed by atoms with Gasteiger partial charge < -0.3 is 44.6 Å². The molecule has 0 aromatic heterocycles. The van der Waals surface area contributed by atoms with E-state index < -0.39 is 219 Å². The Hall–Kier alpha value is -2.66. The van der Waals surface area contributed by atoms with Crippen LogP contribution >= 0.6 is 51.1 Å². The summed E-state index contributed by atoms with van der Waals surface area (Å²) < 4.78 is 257. The van der Waals surface area contributed by atoms with E-state index in [-0.39, 0.29) is 97.5 Å². The van der Waals surface area contributed by atoms with E-state index in [2.05, 4.69) is 24.3 Å². The normalized spacial score (nSPS) is 25.1. The molecule has 0 radical (unpaired) electrons. The van der Waals surface area contributed by atoms with E-state index in [0.29, 0.717) is 44.9 Å². The van der Waals surface area contributed by atoms with Crippen LogP contribution in [0.5, 0.6) is 0 Å². The molecule has 28 heteroatoms. The van der Waals surface area contributed by atoms with E-state index >= 15 is 0 Å². The molecular formula is C81H87Cl6F19Zr3. The van der Waals surface area contributed by atoms with Gasteiger partial charge in [0.05, 0.1) is 0 Å². The quantitative estimate of drug-likeness (QED) is 0.0827. The van der Waals surface area contributed by atoms with Crippen molar-refractivity contribution < 1.29 is 146 Å². The van der Waals surface area contributed by atoms with Crippen LogP contribution in [-0.2, 0) is 62.5 Å². The summed E-state index contributed by atoms with van der Waals surface area (Å²) in [6.45, 7) is 1.14. The molecule has 6 fully saturated rings. The molecular weight excluding hydrogens is 1820 g/mol. The number of hydrogen-bond acceptors (Lipinski definition) is 0. The van der Waals surface area contributed by atoms with Gasteiger partial charge in [0.1, 0.15) is 5.82 Å². The first-order valence-electron chi connectivity index (χ1n) is 33.3. The summed E-state index contributed by atoms with van der Waals surface area (Å²) in [4.78, 5) is 0. The van der Waals surface area contributed by atoms with Gasteiger partial charge in [-0.15, -0.1) is 0 Å². The van der Waals surface area contributed by atoms with Crippen LogP contribution in [0.25, 0.3) is 0 Å². The average Bonchev–Trinajstić information content (AvgIpc) is 1.75. The van der Waals surface area contributed by atoms with Crippen molar-refractivity contribution >= 4 is 51.1 Å². The second-order valence-electron chi connectivity index (χ2n) is 26.0. The summed E-state index contributed by atoms with van der Waals surface area (Å²) >= 11 is -2.48. The maximum absolute atomic E-state index is 14.2. The van der Waals surface area contributed by atoms with Gasteiger partial charge in [0, 0.05) is 27.8 Å². The van der Waals surface area contributed by atoms with Gasteiger partial charge in [-0.2, -0.15) is 0 Å². The van der Waals surface area contributed by atoms with E-state index in [1.54, 1.807) is 36.5 Å². The molecule has 0 N–H and O–H groups in total. The van der Waals surface area contributed by atoms with E-state index in [9.17, 15) is 83.4 Å². The summed E-state index contributed by atoms with van der Waals surface area (Å²) in [6, 6.07) is 0. The fourth-order valence-electron chi connectivity index (χ4n) is 15.9. The Morgan fingerprint density at radius 2 is 0.376 bits per heavy atom. The van der Waals surface area contributed by atoms with Crippen LogP contribution in [0.4, 0.5) is 83.4 Å². The second kappa shape index (κ2) is 50.7. The molecule has 0 bridgehead atoms. The van der Waals surface area contributed by atoms with E-state index in [0.717, 1.165) is 25.2 Å². The summed E-state index contributed by atoms with van der Waals surface area (Å²) in [7, 11) is 29.6. The Morgan fingerprint density at radius 3 is 0.587 bits per heavy atom. The van der Waals surface area contributed by atoms with Gasteiger partial charge in [-0.3, -0.25) is 0 Å². The predicted octanol–water partition coefficient (Wildman–Crippen LogP) is 30.0. The van der Waals surface area contributed by atoms with Crippen molar-refractivity contribution in [3.05, 3.63) is 304 Å². The average molecular weight is 1910 g/mol. The zero-order chi connectivity index (χ0) is 75.5. The molecule has 6 saturated carbocycles.